The number of rotatable bonds is 5. The molecule has 14 heavy (non-hydrogen) atoms. The third-order valence-corrected chi connectivity index (χ3v) is 2.55. The van der Waals surface area contributed by atoms with Gasteiger partial charge < -0.3 is 5.32 Å². The van der Waals surface area contributed by atoms with Crippen LogP contribution in [0.25, 0.3) is 0 Å². The highest BCUT2D eigenvalue weighted by Gasteiger charge is 2.25. The Balaban J connectivity index is 1.78. The third-order valence-electron chi connectivity index (χ3n) is 2.55. The first-order valence-electron chi connectivity index (χ1n) is 5.52. The molecule has 0 saturated heterocycles. The summed E-state index contributed by atoms with van der Waals surface area (Å²) in [5, 5.41) is 7.93. The molecule has 0 aliphatic heterocycles. The van der Waals surface area contributed by atoms with E-state index >= 15 is 0 Å². The fourth-order valence-electron chi connectivity index (χ4n) is 1.57. The van der Waals surface area contributed by atoms with Crippen molar-refractivity contribution in [1.82, 2.24) is 15.1 Å². The maximum absolute atomic E-state index is 4.55. The fourth-order valence-corrected chi connectivity index (χ4v) is 1.57. The smallest absolute Gasteiger partial charge is 0.0655 e. The lowest BCUT2D eigenvalue weighted by Gasteiger charge is -2.07. The zero-order valence-corrected chi connectivity index (χ0v) is 9.03. The normalized spacial score (nSPS) is 16.5. The summed E-state index contributed by atoms with van der Waals surface area (Å²) in [6.45, 7) is 6.31. The zero-order chi connectivity index (χ0) is 9.97. The number of hydrogen-bond acceptors (Lipinski definition) is 2. The molecule has 0 bridgehead atoms. The fraction of sp³-hybridized carbons (Fsp3) is 0.727. The van der Waals surface area contributed by atoms with Crippen molar-refractivity contribution in [1.29, 1.82) is 0 Å². The van der Waals surface area contributed by atoms with E-state index in [0.717, 1.165) is 19.0 Å². The molecule has 1 heterocycles. The second-order valence-corrected chi connectivity index (χ2v) is 4.39. The Bertz CT molecular complexity index is 286. The van der Waals surface area contributed by atoms with Crippen LogP contribution in [0.15, 0.2) is 12.3 Å². The first kappa shape index (κ1) is 9.71. The Hall–Kier alpha value is -0.830. The highest BCUT2D eigenvalue weighted by molar-refractivity contribution is 5.12. The SMILES string of the molecule is CC(C)NCCn1ccc(C2CC2)n1. The zero-order valence-electron chi connectivity index (χ0n) is 9.03. The summed E-state index contributed by atoms with van der Waals surface area (Å²) in [5.41, 5.74) is 1.29. The largest absolute Gasteiger partial charge is 0.313 e. The Labute approximate surface area is 85.5 Å². The number of hydrogen-bond donors (Lipinski definition) is 1. The van der Waals surface area contributed by atoms with Crippen molar-refractivity contribution in [3.8, 4) is 0 Å². The second kappa shape index (κ2) is 4.13. The average Bonchev–Trinajstić information content (AvgIpc) is 2.87. The Morgan fingerprint density at radius 2 is 2.36 bits per heavy atom. The molecule has 1 aliphatic rings. The summed E-state index contributed by atoms with van der Waals surface area (Å²) >= 11 is 0. The summed E-state index contributed by atoms with van der Waals surface area (Å²) < 4.78 is 2.04. The number of aromatic nitrogens is 2. The second-order valence-electron chi connectivity index (χ2n) is 4.39. The van der Waals surface area contributed by atoms with Crippen molar-refractivity contribution in [2.45, 2.75) is 45.2 Å². The van der Waals surface area contributed by atoms with Crippen molar-refractivity contribution in [3.63, 3.8) is 0 Å². The van der Waals surface area contributed by atoms with Crippen molar-refractivity contribution in [2.75, 3.05) is 6.54 Å². The van der Waals surface area contributed by atoms with E-state index in [2.05, 4.69) is 36.5 Å². The van der Waals surface area contributed by atoms with Gasteiger partial charge >= 0.3 is 0 Å². The summed E-state index contributed by atoms with van der Waals surface area (Å²) in [6.07, 6.45) is 4.76. The molecule has 1 aromatic rings. The van der Waals surface area contributed by atoms with E-state index in [1.165, 1.54) is 18.5 Å². The van der Waals surface area contributed by atoms with Gasteiger partial charge in [0.2, 0.25) is 0 Å². The van der Waals surface area contributed by atoms with Gasteiger partial charge in [0.1, 0.15) is 0 Å². The minimum absolute atomic E-state index is 0.563. The van der Waals surface area contributed by atoms with Crippen LogP contribution in [0, 0.1) is 0 Å². The molecule has 0 spiro atoms. The lowest BCUT2D eigenvalue weighted by atomic mass is 10.3. The molecule has 1 aromatic heterocycles. The van der Waals surface area contributed by atoms with Gasteiger partial charge in [-0.3, -0.25) is 4.68 Å². The van der Waals surface area contributed by atoms with E-state index in [1.54, 1.807) is 0 Å². The van der Waals surface area contributed by atoms with Gasteiger partial charge in [0.05, 0.1) is 12.2 Å². The molecule has 1 N–H and O–H groups in total. The van der Waals surface area contributed by atoms with Gasteiger partial charge in [-0.15, -0.1) is 0 Å². The average molecular weight is 193 g/mol. The molecule has 1 fully saturated rings. The van der Waals surface area contributed by atoms with E-state index in [4.69, 9.17) is 0 Å². The Kier molecular flexibility index (Phi) is 2.87. The molecule has 1 saturated carbocycles. The molecule has 0 radical (unpaired) electrons. The lowest BCUT2D eigenvalue weighted by Crippen LogP contribution is -2.26. The van der Waals surface area contributed by atoms with Crippen LogP contribution in [0.1, 0.15) is 38.3 Å². The summed E-state index contributed by atoms with van der Waals surface area (Å²) in [6, 6.07) is 2.72. The van der Waals surface area contributed by atoms with E-state index in [1.807, 2.05) is 4.68 Å². The molecule has 3 nitrogen and oxygen atoms in total. The highest BCUT2D eigenvalue weighted by atomic mass is 15.3. The van der Waals surface area contributed by atoms with Gasteiger partial charge in [-0.25, -0.2) is 0 Å². The predicted molar refractivity (Wildman–Crippen MR) is 57.3 cm³/mol. The summed E-state index contributed by atoms with van der Waals surface area (Å²) in [4.78, 5) is 0. The van der Waals surface area contributed by atoms with Crippen molar-refractivity contribution in [3.05, 3.63) is 18.0 Å². The molecular formula is C11H19N3. The third kappa shape index (κ3) is 2.58. The molecule has 3 heteroatoms. The standard InChI is InChI=1S/C11H19N3/c1-9(2)12-6-8-14-7-5-11(13-14)10-3-4-10/h5,7,9-10,12H,3-4,6,8H2,1-2H3. The van der Waals surface area contributed by atoms with E-state index in [0.29, 0.717) is 6.04 Å². The summed E-state index contributed by atoms with van der Waals surface area (Å²) in [5.74, 6) is 0.773. The minimum Gasteiger partial charge on any atom is -0.313 e. The minimum atomic E-state index is 0.563. The van der Waals surface area contributed by atoms with Crippen molar-refractivity contribution >= 4 is 0 Å². The molecule has 78 valence electrons. The molecule has 0 atom stereocenters. The molecule has 0 amide bonds. The van der Waals surface area contributed by atoms with Crippen LogP contribution >= 0.6 is 0 Å². The Morgan fingerprint density at radius 3 is 3.00 bits per heavy atom. The molecule has 1 aliphatic carbocycles. The topological polar surface area (TPSA) is 29.9 Å². The van der Waals surface area contributed by atoms with E-state index in [-0.39, 0.29) is 0 Å². The Morgan fingerprint density at radius 1 is 1.57 bits per heavy atom. The van der Waals surface area contributed by atoms with Crippen LogP contribution in [0.5, 0.6) is 0 Å². The van der Waals surface area contributed by atoms with Gasteiger partial charge in [-0.1, -0.05) is 13.8 Å². The van der Waals surface area contributed by atoms with Crippen molar-refractivity contribution < 1.29 is 0 Å². The van der Waals surface area contributed by atoms with Crippen LogP contribution in [0.2, 0.25) is 0 Å². The van der Waals surface area contributed by atoms with Crippen LogP contribution in [-0.4, -0.2) is 22.4 Å². The molecular weight excluding hydrogens is 174 g/mol. The molecule has 2 rings (SSSR count). The first-order chi connectivity index (χ1) is 6.75. The maximum atomic E-state index is 4.55. The quantitative estimate of drug-likeness (QED) is 0.772. The van der Waals surface area contributed by atoms with Gasteiger partial charge in [0.15, 0.2) is 0 Å². The first-order valence-corrected chi connectivity index (χ1v) is 5.52. The van der Waals surface area contributed by atoms with Gasteiger partial charge in [-0.05, 0) is 18.9 Å². The van der Waals surface area contributed by atoms with E-state index in [9.17, 15) is 0 Å². The molecule has 0 aromatic carbocycles. The lowest BCUT2D eigenvalue weighted by molar-refractivity contribution is 0.513. The summed E-state index contributed by atoms with van der Waals surface area (Å²) in [7, 11) is 0. The van der Waals surface area contributed by atoms with Crippen molar-refractivity contribution in [2.24, 2.45) is 0 Å². The van der Waals surface area contributed by atoms with Gasteiger partial charge in [-0.2, -0.15) is 5.10 Å². The maximum Gasteiger partial charge on any atom is 0.0655 e. The number of nitrogens with zero attached hydrogens (tertiary/aromatic N) is 2. The molecule has 0 unspecified atom stereocenters. The van der Waals surface area contributed by atoms with Gasteiger partial charge in [0, 0.05) is 24.7 Å². The van der Waals surface area contributed by atoms with Gasteiger partial charge in [0.25, 0.3) is 0 Å². The van der Waals surface area contributed by atoms with Crippen LogP contribution in [0.4, 0.5) is 0 Å². The predicted octanol–water partition coefficient (Wildman–Crippen LogP) is 1.76. The van der Waals surface area contributed by atoms with Crippen LogP contribution in [-0.2, 0) is 6.54 Å². The van der Waals surface area contributed by atoms with E-state index < -0.39 is 0 Å². The van der Waals surface area contributed by atoms with Crippen LogP contribution in [0.3, 0.4) is 0 Å². The number of nitrogens with one attached hydrogen (secondary N) is 1. The monoisotopic (exact) mass is 193 g/mol. The highest BCUT2D eigenvalue weighted by Crippen LogP contribution is 2.38. The van der Waals surface area contributed by atoms with Crippen LogP contribution < -0.4 is 5.32 Å².